The van der Waals surface area contributed by atoms with E-state index in [1.54, 1.807) is 0 Å². The second kappa shape index (κ2) is 4.00. The fraction of sp³-hybridized carbons (Fsp3) is 0.100. The van der Waals surface area contributed by atoms with Crippen LogP contribution in [0.4, 0.5) is 13.2 Å². The Bertz CT molecular complexity index is 568. The van der Waals surface area contributed by atoms with Crippen molar-refractivity contribution in [2.45, 2.75) is 6.30 Å². The maximum absolute atomic E-state index is 11.9. The highest BCUT2D eigenvalue weighted by Gasteiger charge is 2.30. The summed E-state index contributed by atoms with van der Waals surface area (Å²) in [6.07, 6.45) is -2.00. The fourth-order valence-electron chi connectivity index (χ4n) is 1.33. The van der Waals surface area contributed by atoms with Crippen molar-refractivity contribution in [1.29, 1.82) is 0 Å². The number of alkyl halides is 3. The van der Waals surface area contributed by atoms with Crippen molar-refractivity contribution in [2.75, 3.05) is 0 Å². The Hall–Kier alpha value is -2.18. The topological polar surface area (TPSA) is 54.9 Å². The molecule has 1 N–H and O–H groups in total. The standard InChI is InChI=1S/C10H6F3N3O/c11-10(12,13)16-9(17)6-1-2-8-7(3-6)4-14-5-15-8/h1-5H,(H,16,17). The SMILES string of the molecule is O=C(NC(F)(F)F)c1ccc2ncncc2c1. The van der Waals surface area contributed by atoms with E-state index in [2.05, 4.69) is 9.97 Å². The molecule has 0 bridgehead atoms. The molecule has 0 aliphatic heterocycles. The molecule has 0 spiro atoms. The van der Waals surface area contributed by atoms with E-state index in [4.69, 9.17) is 0 Å². The molecule has 0 fully saturated rings. The molecule has 7 heteroatoms. The van der Waals surface area contributed by atoms with Crippen LogP contribution in [-0.2, 0) is 0 Å². The summed E-state index contributed by atoms with van der Waals surface area (Å²) in [6.45, 7) is 0. The van der Waals surface area contributed by atoms with E-state index in [1.165, 1.54) is 30.7 Å². The number of carbonyl (C=O) groups is 1. The molecule has 2 rings (SSSR count). The van der Waals surface area contributed by atoms with Crippen LogP contribution in [0.3, 0.4) is 0 Å². The number of nitrogens with zero attached hydrogens (tertiary/aromatic N) is 2. The van der Waals surface area contributed by atoms with Crippen LogP contribution in [0.2, 0.25) is 0 Å². The van der Waals surface area contributed by atoms with Gasteiger partial charge >= 0.3 is 6.30 Å². The second-order valence-corrected chi connectivity index (χ2v) is 3.25. The van der Waals surface area contributed by atoms with Gasteiger partial charge < -0.3 is 0 Å². The van der Waals surface area contributed by atoms with Gasteiger partial charge in [-0.15, -0.1) is 0 Å². The number of aromatic nitrogens is 2. The molecule has 4 nitrogen and oxygen atoms in total. The quantitative estimate of drug-likeness (QED) is 0.775. The Morgan fingerprint density at radius 2 is 2.06 bits per heavy atom. The Morgan fingerprint density at radius 3 is 2.76 bits per heavy atom. The van der Waals surface area contributed by atoms with E-state index in [0.717, 1.165) is 5.32 Å². The van der Waals surface area contributed by atoms with Crippen LogP contribution in [0, 0.1) is 0 Å². The van der Waals surface area contributed by atoms with Crippen LogP contribution in [0.15, 0.2) is 30.7 Å². The summed E-state index contributed by atoms with van der Waals surface area (Å²) in [5, 5.41) is 1.42. The number of nitrogens with one attached hydrogen (secondary N) is 1. The van der Waals surface area contributed by atoms with Gasteiger partial charge in [0.2, 0.25) is 0 Å². The lowest BCUT2D eigenvalue weighted by Gasteiger charge is -2.08. The summed E-state index contributed by atoms with van der Waals surface area (Å²) in [5.74, 6) is -1.21. The third-order valence-corrected chi connectivity index (χ3v) is 2.02. The van der Waals surface area contributed by atoms with Crippen LogP contribution in [0.5, 0.6) is 0 Å². The van der Waals surface area contributed by atoms with Gasteiger partial charge in [-0.3, -0.25) is 10.1 Å². The molecular weight excluding hydrogens is 235 g/mol. The molecule has 88 valence electrons. The molecule has 1 aromatic heterocycles. The Balaban J connectivity index is 2.33. The Labute approximate surface area is 93.5 Å². The number of hydrogen-bond acceptors (Lipinski definition) is 3. The molecule has 0 saturated carbocycles. The van der Waals surface area contributed by atoms with Crippen molar-refractivity contribution in [3.05, 3.63) is 36.3 Å². The summed E-state index contributed by atoms with van der Waals surface area (Å²) in [7, 11) is 0. The third-order valence-electron chi connectivity index (χ3n) is 2.02. The van der Waals surface area contributed by atoms with Crippen molar-refractivity contribution in [3.63, 3.8) is 0 Å². The van der Waals surface area contributed by atoms with Gasteiger partial charge in [0, 0.05) is 17.1 Å². The van der Waals surface area contributed by atoms with Gasteiger partial charge in [-0.2, -0.15) is 13.2 Å². The van der Waals surface area contributed by atoms with Gasteiger partial charge in [-0.1, -0.05) is 0 Å². The van der Waals surface area contributed by atoms with E-state index in [-0.39, 0.29) is 5.56 Å². The zero-order valence-electron chi connectivity index (χ0n) is 8.32. The number of halogens is 3. The van der Waals surface area contributed by atoms with Crippen molar-refractivity contribution in [3.8, 4) is 0 Å². The number of hydrogen-bond donors (Lipinski definition) is 1. The van der Waals surface area contributed by atoms with Gasteiger partial charge in [-0.05, 0) is 18.2 Å². The average molecular weight is 241 g/mol. The fourth-order valence-corrected chi connectivity index (χ4v) is 1.33. The largest absolute Gasteiger partial charge is 0.484 e. The first-order valence-electron chi connectivity index (χ1n) is 4.55. The molecule has 1 aromatic carbocycles. The van der Waals surface area contributed by atoms with Crippen molar-refractivity contribution < 1.29 is 18.0 Å². The monoisotopic (exact) mass is 241 g/mol. The highest BCUT2D eigenvalue weighted by Crippen LogP contribution is 2.15. The first kappa shape index (κ1) is 11.3. The van der Waals surface area contributed by atoms with Crippen LogP contribution in [0.1, 0.15) is 10.4 Å². The molecule has 0 atom stereocenters. The molecule has 0 radical (unpaired) electrons. The third kappa shape index (κ3) is 2.68. The second-order valence-electron chi connectivity index (χ2n) is 3.25. The first-order chi connectivity index (χ1) is 7.96. The smallest absolute Gasteiger partial charge is 0.269 e. The lowest BCUT2D eigenvalue weighted by molar-refractivity contribution is -0.146. The zero-order chi connectivity index (χ0) is 12.5. The maximum Gasteiger partial charge on any atom is 0.484 e. The highest BCUT2D eigenvalue weighted by atomic mass is 19.4. The van der Waals surface area contributed by atoms with Gasteiger partial charge in [0.15, 0.2) is 0 Å². The molecule has 0 saturated heterocycles. The normalized spacial score (nSPS) is 11.5. The van der Waals surface area contributed by atoms with E-state index in [1.807, 2.05) is 0 Å². The minimum Gasteiger partial charge on any atom is -0.269 e. The van der Waals surface area contributed by atoms with Gasteiger partial charge in [0.25, 0.3) is 5.91 Å². The lowest BCUT2D eigenvalue weighted by Crippen LogP contribution is -2.37. The number of amides is 1. The molecule has 1 amide bonds. The van der Waals surface area contributed by atoms with E-state index in [0.29, 0.717) is 10.9 Å². The number of benzene rings is 1. The zero-order valence-corrected chi connectivity index (χ0v) is 8.32. The van der Waals surface area contributed by atoms with E-state index in [9.17, 15) is 18.0 Å². The van der Waals surface area contributed by atoms with Crippen LogP contribution in [0.25, 0.3) is 10.9 Å². The van der Waals surface area contributed by atoms with Crippen LogP contribution >= 0.6 is 0 Å². The molecule has 0 aliphatic carbocycles. The van der Waals surface area contributed by atoms with Crippen molar-refractivity contribution >= 4 is 16.8 Å². The summed E-state index contributed by atoms with van der Waals surface area (Å²) in [4.78, 5) is 18.8. The summed E-state index contributed by atoms with van der Waals surface area (Å²) < 4.78 is 35.8. The van der Waals surface area contributed by atoms with E-state index >= 15 is 0 Å². The van der Waals surface area contributed by atoms with Gasteiger partial charge in [-0.25, -0.2) is 9.97 Å². The summed E-state index contributed by atoms with van der Waals surface area (Å²) in [6, 6.07) is 4.04. The first-order valence-corrected chi connectivity index (χ1v) is 4.55. The Kier molecular flexibility index (Phi) is 2.66. The van der Waals surface area contributed by atoms with Crippen LogP contribution < -0.4 is 5.32 Å². The van der Waals surface area contributed by atoms with Crippen LogP contribution in [-0.4, -0.2) is 22.2 Å². The molecule has 0 aliphatic rings. The summed E-state index contributed by atoms with van der Waals surface area (Å²) in [5.41, 5.74) is 0.466. The van der Waals surface area contributed by atoms with Gasteiger partial charge in [0.1, 0.15) is 6.33 Å². The van der Waals surface area contributed by atoms with Crippen molar-refractivity contribution in [2.24, 2.45) is 0 Å². The molecule has 1 heterocycles. The van der Waals surface area contributed by atoms with E-state index < -0.39 is 12.2 Å². The number of rotatable bonds is 1. The molecule has 17 heavy (non-hydrogen) atoms. The average Bonchev–Trinajstić information content (AvgIpc) is 2.26. The molecule has 2 aromatic rings. The predicted octanol–water partition coefficient (Wildman–Crippen LogP) is 1.88. The predicted molar refractivity (Wildman–Crippen MR) is 53.1 cm³/mol. The lowest BCUT2D eigenvalue weighted by atomic mass is 10.1. The molecule has 0 unspecified atom stereocenters. The Morgan fingerprint density at radius 1 is 1.29 bits per heavy atom. The highest BCUT2D eigenvalue weighted by molar-refractivity contribution is 5.97. The number of carbonyl (C=O) groups excluding carboxylic acids is 1. The van der Waals surface area contributed by atoms with Gasteiger partial charge in [0.05, 0.1) is 5.52 Å². The summed E-state index contributed by atoms with van der Waals surface area (Å²) >= 11 is 0. The molecular formula is C10H6F3N3O. The minimum absolute atomic E-state index is 0.0929. The maximum atomic E-state index is 11.9. The minimum atomic E-state index is -4.74. The number of fused-ring (bicyclic) bond motifs is 1. The van der Waals surface area contributed by atoms with Crippen molar-refractivity contribution in [1.82, 2.24) is 15.3 Å².